The summed E-state index contributed by atoms with van der Waals surface area (Å²) in [5.41, 5.74) is 6.23. The van der Waals surface area contributed by atoms with Gasteiger partial charge in [-0.25, -0.2) is 0 Å². The van der Waals surface area contributed by atoms with Gasteiger partial charge in [0.1, 0.15) is 11.5 Å². The molecule has 1 heterocycles. The van der Waals surface area contributed by atoms with E-state index in [9.17, 15) is 9.59 Å². The predicted octanol–water partition coefficient (Wildman–Crippen LogP) is 4.67. The summed E-state index contributed by atoms with van der Waals surface area (Å²) in [7, 11) is 1.78. The van der Waals surface area contributed by atoms with Crippen molar-refractivity contribution in [2.75, 3.05) is 7.05 Å². The molecule has 3 aromatic rings. The average molecular weight is 445 g/mol. The summed E-state index contributed by atoms with van der Waals surface area (Å²) >= 11 is 5.04. The van der Waals surface area contributed by atoms with Gasteiger partial charge in [-0.05, 0) is 76.6 Å². The average Bonchev–Trinajstić information content (AvgIpc) is 3.07. The van der Waals surface area contributed by atoms with Gasteiger partial charge < -0.3 is 15.4 Å². The first kappa shape index (κ1) is 19.1. The maximum atomic E-state index is 12.6. The minimum atomic E-state index is -0.483. The monoisotopic (exact) mass is 444 g/mol. The summed E-state index contributed by atoms with van der Waals surface area (Å²) in [6, 6.07) is 17.5. The lowest BCUT2D eigenvalue weighted by atomic mass is 10.2. The van der Waals surface area contributed by atoms with Crippen molar-refractivity contribution < 1.29 is 14.3 Å². The second-order valence-electron chi connectivity index (χ2n) is 5.88. The van der Waals surface area contributed by atoms with E-state index in [1.54, 1.807) is 71.8 Å². The minimum absolute atomic E-state index is 0.0584. The number of amides is 2. The highest BCUT2D eigenvalue weighted by molar-refractivity contribution is 9.11. The Hall–Kier alpha value is -2.64. The molecule has 27 heavy (non-hydrogen) atoms. The Morgan fingerprint density at radius 3 is 2.00 bits per heavy atom. The van der Waals surface area contributed by atoms with Crippen LogP contribution in [0, 0.1) is 0 Å². The zero-order valence-electron chi connectivity index (χ0n) is 14.5. The zero-order chi connectivity index (χ0) is 19.4. The van der Waals surface area contributed by atoms with Crippen molar-refractivity contribution in [2.45, 2.75) is 6.54 Å². The fourth-order valence-corrected chi connectivity index (χ4v) is 3.99. The van der Waals surface area contributed by atoms with E-state index in [0.29, 0.717) is 29.2 Å². The largest absolute Gasteiger partial charge is 0.457 e. The molecule has 2 aromatic carbocycles. The van der Waals surface area contributed by atoms with Crippen LogP contribution in [0.5, 0.6) is 11.5 Å². The van der Waals surface area contributed by atoms with Crippen molar-refractivity contribution >= 4 is 39.1 Å². The summed E-state index contributed by atoms with van der Waals surface area (Å²) in [6.07, 6.45) is 0. The van der Waals surface area contributed by atoms with Crippen molar-refractivity contribution in [1.82, 2.24) is 4.90 Å². The number of nitrogens with zero attached hydrogens (tertiary/aromatic N) is 1. The van der Waals surface area contributed by atoms with E-state index in [2.05, 4.69) is 15.9 Å². The van der Waals surface area contributed by atoms with Crippen LogP contribution in [0.25, 0.3) is 0 Å². The van der Waals surface area contributed by atoms with Crippen LogP contribution < -0.4 is 10.5 Å². The first-order valence-corrected chi connectivity index (χ1v) is 9.71. The second kappa shape index (κ2) is 8.37. The maximum absolute atomic E-state index is 12.6. The highest BCUT2D eigenvalue weighted by Gasteiger charge is 2.13. The van der Waals surface area contributed by atoms with E-state index in [0.717, 1.165) is 8.66 Å². The Labute approximate surface area is 169 Å². The minimum Gasteiger partial charge on any atom is -0.457 e. The second-order valence-corrected chi connectivity index (χ2v) is 8.43. The van der Waals surface area contributed by atoms with Crippen LogP contribution >= 0.6 is 27.3 Å². The highest BCUT2D eigenvalue weighted by atomic mass is 79.9. The van der Waals surface area contributed by atoms with Crippen molar-refractivity contribution in [3.05, 3.63) is 80.5 Å². The molecule has 0 aliphatic carbocycles. The molecule has 0 unspecified atom stereocenters. The fraction of sp³-hybridized carbons (Fsp3) is 0.100. The number of carbonyl (C=O) groups is 2. The van der Waals surface area contributed by atoms with Gasteiger partial charge in [0.2, 0.25) is 5.91 Å². The third-order valence-corrected chi connectivity index (χ3v) is 5.45. The van der Waals surface area contributed by atoms with Crippen molar-refractivity contribution in [3.63, 3.8) is 0 Å². The number of benzene rings is 2. The van der Waals surface area contributed by atoms with Crippen molar-refractivity contribution in [3.8, 4) is 11.5 Å². The van der Waals surface area contributed by atoms with Gasteiger partial charge in [0.05, 0.1) is 10.3 Å². The summed E-state index contributed by atoms with van der Waals surface area (Å²) in [6.45, 7) is 0.555. The molecule has 2 amide bonds. The molecular weight excluding hydrogens is 428 g/mol. The van der Waals surface area contributed by atoms with Gasteiger partial charge in [0.15, 0.2) is 0 Å². The van der Waals surface area contributed by atoms with Gasteiger partial charge in [-0.3, -0.25) is 9.59 Å². The molecule has 1 aromatic heterocycles. The Kier molecular flexibility index (Phi) is 5.93. The Morgan fingerprint density at radius 2 is 1.52 bits per heavy atom. The highest BCUT2D eigenvalue weighted by Crippen LogP contribution is 2.25. The Bertz CT molecular complexity index is 952. The molecule has 0 saturated heterocycles. The Balaban J connectivity index is 1.63. The first-order chi connectivity index (χ1) is 12.9. The lowest BCUT2D eigenvalue weighted by Crippen LogP contribution is -2.25. The summed E-state index contributed by atoms with van der Waals surface area (Å²) in [4.78, 5) is 26.4. The molecule has 0 fully saturated rings. The number of thiophene rings is 1. The molecule has 138 valence electrons. The number of carbonyl (C=O) groups excluding carboxylic acids is 2. The zero-order valence-corrected chi connectivity index (χ0v) is 16.9. The molecule has 0 aliphatic heterocycles. The van der Waals surface area contributed by atoms with E-state index in [1.807, 2.05) is 12.1 Å². The predicted molar refractivity (Wildman–Crippen MR) is 109 cm³/mol. The summed E-state index contributed by atoms with van der Waals surface area (Å²) in [5, 5.41) is 0. The van der Waals surface area contributed by atoms with Crippen LogP contribution in [-0.2, 0) is 6.54 Å². The maximum Gasteiger partial charge on any atom is 0.253 e. The molecule has 0 aliphatic rings. The van der Waals surface area contributed by atoms with Crippen molar-refractivity contribution in [2.24, 2.45) is 5.73 Å². The van der Waals surface area contributed by atoms with Crippen LogP contribution in [-0.4, -0.2) is 23.8 Å². The summed E-state index contributed by atoms with van der Waals surface area (Å²) in [5.74, 6) is 0.642. The van der Waals surface area contributed by atoms with Gasteiger partial charge in [-0.2, -0.15) is 0 Å². The smallest absolute Gasteiger partial charge is 0.253 e. The molecule has 2 N–H and O–H groups in total. The standard InChI is InChI=1S/C20H17BrN2O3S/c1-23(12-17-10-11-18(21)27-17)20(25)14-4-8-16(9-5-14)26-15-6-2-13(3-7-15)19(22)24/h2-11H,12H2,1H3,(H2,22,24). The number of hydrogen-bond donors (Lipinski definition) is 1. The van der Waals surface area contributed by atoms with E-state index >= 15 is 0 Å². The normalized spacial score (nSPS) is 10.4. The van der Waals surface area contributed by atoms with Gasteiger partial charge in [0.25, 0.3) is 5.91 Å². The number of primary amides is 1. The Morgan fingerprint density at radius 1 is 0.963 bits per heavy atom. The first-order valence-electron chi connectivity index (χ1n) is 8.10. The van der Waals surface area contributed by atoms with Crippen LogP contribution in [0.4, 0.5) is 0 Å². The lowest BCUT2D eigenvalue weighted by molar-refractivity contribution is 0.0786. The lowest BCUT2D eigenvalue weighted by Gasteiger charge is -2.16. The molecule has 0 atom stereocenters. The molecule has 5 nitrogen and oxygen atoms in total. The molecule has 7 heteroatoms. The number of rotatable bonds is 6. The third-order valence-electron chi connectivity index (χ3n) is 3.84. The van der Waals surface area contributed by atoms with Crippen LogP contribution in [0.1, 0.15) is 25.6 Å². The topological polar surface area (TPSA) is 72.6 Å². The van der Waals surface area contributed by atoms with E-state index in [4.69, 9.17) is 10.5 Å². The molecule has 3 rings (SSSR count). The number of ether oxygens (including phenoxy) is 1. The quantitative estimate of drug-likeness (QED) is 0.599. The molecule has 0 bridgehead atoms. The van der Waals surface area contributed by atoms with E-state index < -0.39 is 5.91 Å². The molecule has 0 radical (unpaired) electrons. The van der Waals surface area contributed by atoms with Crippen LogP contribution in [0.15, 0.2) is 64.5 Å². The third kappa shape index (κ3) is 4.96. The number of nitrogens with two attached hydrogens (primary N) is 1. The van der Waals surface area contributed by atoms with Crippen molar-refractivity contribution in [1.29, 1.82) is 0 Å². The van der Waals surface area contributed by atoms with Gasteiger partial charge >= 0.3 is 0 Å². The van der Waals surface area contributed by atoms with Gasteiger partial charge in [0, 0.05) is 23.1 Å². The number of halogens is 1. The van der Waals surface area contributed by atoms with Gasteiger partial charge in [-0.15, -0.1) is 11.3 Å². The van der Waals surface area contributed by atoms with Crippen LogP contribution in [0.3, 0.4) is 0 Å². The number of hydrogen-bond acceptors (Lipinski definition) is 4. The van der Waals surface area contributed by atoms with Gasteiger partial charge in [-0.1, -0.05) is 0 Å². The van der Waals surface area contributed by atoms with E-state index in [1.165, 1.54) is 0 Å². The SMILES string of the molecule is CN(Cc1ccc(Br)s1)C(=O)c1ccc(Oc2ccc(C(N)=O)cc2)cc1. The molecular formula is C20H17BrN2O3S. The summed E-state index contributed by atoms with van der Waals surface area (Å²) < 4.78 is 6.77. The van der Waals surface area contributed by atoms with E-state index in [-0.39, 0.29) is 5.91 Å². The molecule has 0 saturated carbocycles. The molecule has 0 spiro atoms. The fourth-order valence-electron chi connectivity index (χ4n) is 2.45. The van der Waals surface area contributed by atoms with Crippen LogP contribution in [0.2, 0.25) is 0 Å².